The maximum absolute atomic E-state index is 5.25. The maximum atomic E-state index is 5.25. The van der Waals surface area contributed by atoms with Crippen LogP contribution < -0.4 is 9.47 Å². The molecule has 4 rings (SSSR count). The van der Waals surface area contributed by atoms with Gasteiger partial charge < -0.3 is 9.47 Å². The molecule has 4 heteroatoms. The summed E-state index contributed by atoms with van der Waals surface area (Å²) in [5.74, 6) is 1.65. The average Bonchev–Trinajstić information content (AvgIpc) is 2.88. The molecule has 0 spiro atoms. The molecule has 0 amide bonds. The second kappa shape index (κ2) is 10.9. The highest BCUT2D eigenvalue weighted by Crippen LogP contribution is 2.20. The van der Waals surface area contributed by atoms with Crippen molar-refractivity contribution in [2.24, 2.45) is 9.98 Å². The van der Waals surface area contributed by atoms with Gasteiger partial charge in [0.25, 0.3) is 0 Å². The number of hydrogen-bond acceptors (Lipinski definition) is 4. The number of nitrogens with zero attached hydrogens (tertiary/aromatic N) is 2. The summed E-state index contributed by atoms with van der Waals surface area (Å²) in [6.07, 6.45) is 4.56. The Balaban J connectivity index is 1.36. The third kappa shape index (κ3) is 6.40. The van der Waals surface area contributed by atoms with Gasteiger partial charge in [0.2, 0.25) is 0 Å². The normalized spacial score (nSPS) is 11.2. The van der Waals surface area contributed by atoms with Crippen LogP contribution in [0.3, 0.4) is 0 Å². The summed E-state index contributed by atoms with van der Waals surface area (Å²) < 4.78 is 10.5. The molecule has 0 fully saturated rings. The van der Waals surface area contributed by atoms with Crippen molar-refractivity contribution >= 4 is 23.8 Å². The zero-order chi connectivity index (χ0) is 22.9. The summed E-state index contributed by atoms with van der Waals surface area (Å²) in [7, 11) is 3.33. The lowest BCUT2D eigenvalue weighted by atomic mass is 10.0. The standard InChI is InChI=1S/C29H26N2O2/c1-32-28-7-3-5-24(18-28)20-30-26-13-9-22(10-14-26)17-23-11-15-27(16-12-23)31-21-25-6-4-8-29(19-25)33-2/h3-16,18-21H,17H2,1-2H3. The van der Waals surface area contributed by atoms with E-state index < -0.39 is 0 Å². The van der Waals surface area contributed by atoms with E-state index in [0.29, 0.717) is 0 Å². The fourth-order valence-electron chi connectivity index (χ4n) is 3.38. The molecule has 33 heavy (non-hydrogen) atoms. The first kappa shape index (κ1) is 22.0. The van der Waals surface area contributed by atoms with Gasteiger partial charge in [0, 0.05) is 12.4 Å². The topological polar surface area (TPSA) is 43.2 Å². The second-order valence-electron chi connectivity index (χ2n) is 7.58. The first-order chi connectivity index (χ1) is 16.2. The van der Waals surface area contributed by atoms with Crippen molar-refractivity contribution in [3.8, 4) is 11.5 Å². The van der Waals surface area contributed by atoms with Gasteiger partial charge in [-0.05, 0) is 77.2 Å². The van der Waals surface area contributed by atoms with Gasteiger partial charge in [-0.25, -0.2) is 0 Å². The van der Waals surface area contributed by atoms with Crippen molar-refractivity contribution in [1.29, 1.82) is 0 Å². The van der Waals surface area contributed by atoms with Gasteiger partial charge in [0.1, 0.15) is 11.5 Å². The predicted molar refractivity (Wildman–Crippen MR) is 136 cm³/mol. The van der Waals surface area contributed by atoms with Crippen molar-refractivity contribution in [2.75, 3.05) is 14.2 Å². The Morgan fingerprint density at radius 1 is 0.576 bits per heavy atom. The summed E-state index contributed by atoms with van der Waals surface area (Å²) in [6, 6.07) is 32.3. The van der Waals surface area contributed by atoms with E-state index in [1.807, 2.05) is 85.2 Å². The van der Waals surface area contributed by atoms with Crippen LogP contribution in [-0.2, 0) is 6.42 Å². The summed E-state index contributed by atoms with van der Waals surface area (Å²) in [6.45, 7) is 0. The molecule has 4 aromatic rings. The van der Waals surface area contributed by atoms with Crippen LogP contribution in [-0.4, -0.2) is 26.6 Å². The van der Waals surface area contributed by atoms with Crippen LogP contribution in [0.5, 0.6) is 11.5 Å². The largest absolute Gasteiger partial charge is 0.497 e. The van der Waals surface area contributed by atoms with Crippen LogP contribution in [0.25, 0.3) is 0 Å². The van der Waals surface area contributed by atoms with Gasteiger partial charge in [0.05, 0.1) is 25.6 Å². The van der Waals surface area contributed by atoms with Crippen molar-refractivity contribution in [2.45, 2.75) is 6.42 Å². The Bertz CT molecular complexity index is 1140. The van der Waals surface area contributed by atoms with E-state index in [9.17, 15) is 0 Å². The third-order valence-corrected chi connectivity index (χ3v) is 5.19. The molecule has 4 nitrogen and oxygen atoms in total. The number of aliphatic imine (C=N–C) groups is 2. The van der Waals surface area contributed by atoms with Crippen LogP contribution in [0.1, 0.15) is 22.3 Å². The Labute approximate surface area is 194 Å². The Morgan fingerprint density at radius 2 is 1.00 bits per heavy atom. The Morgan fingerprint density at radius 3 is 1.39 bits per heavy atom. The van der Waals surface area contributed by atoms with Gasteiger partial charge in [-0.3, -0.25) is 9.98 Å². The fourth-order valence-corrected chi connectivity index (χ4v) is 3.38. The van der Waals surface area contributed by atoms with Crippen LogP contribution >= 0.6 is 0 Å². The SMILES string of the molecule is COc1cccc(C=Nc2ccc(Cc3ccc(N=Cc4cccc(OC)c4)cc3)cc2)c1. The minimum Gasteiger partial charge on any atom is -0.497 e. The van der Waals surface area contributed by atoms with Gasteiger partial charge in [-0.1, -0.05) is 48.5 Å². The minimum absolute atomic E-state index is 0.825. The molecule has 164 valence electrons. The molecule has 0 aliphatic rings. The van der Waals surface area contributed by atoms with Crippen molar-refractivity contribution in [1.82, 2.24) is 0 Å². The van der Waals surface area contributed by atoms with Crippen LogP contribution in [0.15, 0.2) is 107 Å². The number of benzene rings is 4. The number of hydrogen-bond donors (Lipinski definition) is 0. The van der Waals surface area contributed by atoms with Gasteiger partial charge in [0.15, 0.2) is 0 Å². The van der Waals surface area contributed by atoms with Gasteiger partial charge in [-0.15, -0.1) is 0 Å². The molecule has 0 N–H and O–H groups in total. The zero-order valence-electron chi connectivity index (χ0n) is 18.8. The van der Waals surface area contributed by atoms with Crippen molar-refractivity contribution in [3.63, 3.8) is 0 Å². The summed E-state index contributed by atoms with van der Waals surface area (Å²) >= 11 is 0. The summed E-state index contributed by atoms with van der Waals surface area (Å²) in [5, 5.41) is 0. The molecule has 0 atom stereocenters. The molecule has 0 aliphatic carbocycles. The zero-order valence-corrected chi connectivity index (χ0v) is 18.8. The van der Waals surface area contributed by atoms with Crippen molar-refractivity contribution < 1.29 is 9.47 Å². The van der Waals surface area contributed by atoms with E-state index in [2.05, 4.69) is 34.3 Å². The summed E-state index contributed by atoms with van der Waals surface area (Å²) in [5.41, 5.74) is 6.33. The van der Waals surface area contributed by atoms with E-state index in [-0.39, 0.29) is 0 Å². The molecule has 0 aliphatic heterocycles. The number of methoxy groups -OCH3 is 2. The van der Waals surface area contributed by atoms with Crippen LogP contribution in [0, 0.1) is 0 Å². The lowest BCUT2D eigenvalue weighted by molar-refractivity contribution is 0.414. The smallest absolute Gasteiger partial charge is 0.119 e. The van der Waals surface area contributed by atoms with Gasteiger partial charge in [-0.2, -0.15) is 0 Å². The quantitative estimate of drug-likeness (QED) is 0.286. The van der Waals surface area contributed by atoms with Crippen LogP contribution in [0.2, 0.25) is 0 Å². The van der Waals surface area contributed by atoms with E-state index in [1.165, 1.54) is 11.1 Å². The van der Waals surface area contributed by atoms with E-state index in [4.69, 9.17) is 9.47 Å². The van der Waals surface area contributed by atoms with Gasteiger partial charge >= 0.3 is 0 Å². The molecular formula is C29H26N2O2. The molecule has 0 unspecified atom stereocenters. The van der Waals surface area contributed by atoms with E-state index >= 15 is 0 Å². The molecule has 0 saturated heterocycles. The maximum Gasteiger partial charge on any atom is 0.119 e. The van der Waals surface area contributed by atoms with E-state index in [1.54, 1.807) is 14.2 Å². The first-order valence-corrected chi connectivity index (χ1v) is 10.8. The monoisotopic (exact) mass is 434 g/mol. The van der Waals surface area contributed by atoms with Crippen molar-refractivity contribution in [3.05, 3.63) is 119 Å². The Hall–Kier alpha value is -4.18. The van der Waals surface area contributed by atoms with Crippen LogP contribution in [0.4, 0.5) is 11.4 Å². The second-order valence-corrected chi connectivity index (χ2v) is 7.58. The summed E-state index contributed by atoms with van der Waals surface area (Å²) in [4.78, 5) is 9.13. The molecule has 4 aromatic carbocycles. The minimum atomic E-state index is 0.825. The molecule has 0 saturated carbocycles. The Kier molecular flexibility index (Phi) is 7.29. The highest BCUT2D eigenvalue weighted by molar-refractivity contribution is 5.83. The molecule has 0 aromatic heterocycles. The molecular weight excluding hydrogens is 408 g/mol. The fraction of sp³-hybridized carbons (Fsp3) is 0.103. The first-order valence-electron chi connectivity index (χ1n) is 10.8. The molecule has 0 heterocycles. The number of ether oxygens (including phenoxy) is 2. The highest BCUT2D eigenvalue weighted by Gasteiger charge is 1.99. The lowest BCUT2D eigenvalue weighted by Gasteiger charge is -2.04. The number of rotatable bonds is 8. The molecule has 0 radical (unpaired) electrons. The third-order valence-electron chi connectivity index (χ3n) is 5.19. The predicted octanol–water partition coefficient (Wildman–Crippen LogP) is 6.80. The molecule has 0 bridgehead atoms. The van der Waals surface area contributed by atoms with E-state index in [0.717, 1.165) is 40.4 Å². The lowest BCUT2D eigenvalue weighted by Crippen LogP contribution is -1.88. The average molecular weight is 435 g/mol. The highest BCUT2D eigenvalue weighted by atomic mass is 16.5.